The molecule has 0 radical (unpaired) electrons. The number of fused-ring (bicyclic) bond motifs is 9. The van der Waals surface area contributed by atoms with Crippen molar-refractivity contribution in [3.05, 3.63) is 180 Å². The lowest BCUT2D eigenvalue weighted by Gasteiger charge is -2.57. The fourth-order valence-corrected chi connectivity index (χ4v) is 15.7. The van der Waals surface area contributed by atoms with Crippen molar-refractivity contribution in [3.63, 3.8) is 0 Å². The van der Waals surface area contributed by atoms with Crippen molar-refractivity contribution >= 4 is 38.9 Å². The van der Waals surface area contributed by atoms with Gasteiger partial charge in [0.05, 0.1) is 11.0 Å². The van der Waals surface area contributed by atoms with E-state index in [0.717, 1.165) is 29.6 Å². The third kappa shape index (κ3) is 5.50. The molecular weight excluding hydrogens is 773 g/mol. The summed E-state index contributed by atoms with van der Waals surface area (Å²) in [5.74, 6) is 5.31. The van der Waals surface area contributed by atoms with E-state index in [1.54, 1.807) is 11.1 Å². The standard InChI is InChI=1S/C62H58N2/c1-61(2)56-35-50(34-55(43-11-5-3-6-12-43)58(56)53-28-27-52-51-15-9-10-16-57(51)64(60(52)59(53)61)47-13-7-4-8-14-47)63(48-23-19-44(20-24-48)54-33-39-17-18-45(54)32-39)49-25-21-46(22-26-49)62-36-40-29-41(37-62)31-42(30-40)38-62/h3-16,19-28,34-35,39-42,45,54H,17-18,29-33,36-38H2,1-2H3. The molecule has 0 amide bonds. The molecule has 8 aromatic rings. The molecule has 0 spiro atoms. The van der Waals surface area contributed by atoms with Crippen LogP contribution in [0.5, 0.6) is 0 Å². The molecule has 0 aliphatic heterocycles. The van der Waals surface area contributed by atoms with E-state index in [0.29, 0.717) is 11.3 Å². The molecule has 3 atom stereocenters. The van der Waals surface area contributed by atoms with Crippen LogP contribution in [0.15, 0.2) is 158 Å². The van der Waals surface area contributed by atoms with Gasteiger partial charge in [-0.3, -0.25) is 0 Å². The van der Waals surface area contributed by atoms with Crippen molar-refractivity contribution in [2.45, 2.75) is 94.8 Å². The Morgan fingerprint density at radius 1 is 0.531 bits per heavy atom. The van der Waals surface area contributed by atoms with E-state index in [-0.39, 0.29) is 5.41 Å². The SMILES string of the molecule is CC1(C)c2cc(N(c3ccc(C4CC5CCC4C5)cc3)c3ccc(C45CC6CC(CC(C6)C4)C5)cc3)cc(-c3ccccc3)c2-c2ccc3c4ccccc4n(-c4ccccc4)c3c21. The van der Waals surface area contributed by atoms with Gasteiger partial charge in [-0.05, 0) is 198 Å². The molecule has 7 aliphatic carbocycles. The van der Waals surface area contributed by atoms with Gasteiger partial charge in [0.1, 0.15) is 0 Å². The minimum atomic E-state index is -0.287. The van der Waals surface area contributed by atoms with Gasteiger partial charge < -0.3 is 9.47 Å². The highest BCUT2D eigenvalue weighted by Gasteiger charge is 2.51. The summed E-state index contributed by atoms with van der Waals surface area (Å²) in [6, 6.07) is 61.1. The predicted molar refractivity (Wildman–Crippen MR) is 267 cm³/mol. The van der Waals surface area contributed by atoms with Crippen molar-refractivity contribution in [1.82, 2.24) is 4.57 Å². The van der Waals surface area contributed by atoms with E-state index < -0.39 is 0 Å². The zero-order valence-electron chi connectivity index (χ0n) is 37.4. The van der Waals surface area contributed by atoms with Crippen LogP contribution in [0.3, 0.4) is 0 Å². The molecule has 6 saturated carbocycles. The molecule has 3 unspecified atom stereocenters. The normalized spacial score (nSPS) is 26.8. The summed E-state index contributed by atoms with van der Waals surface area (Å²) in [4.78, 5) is 2.59. The van der Waals surface area contributed by atoms with Crippen molar-refractivity contribution in [3.8, 4) is 27.9 Å². The maximum atomic E-state index is 2.59. The van der Waals surface area contributed by atoms with Crippen LogP contribution in [0.25, 0.3) is 49.7 Å². The Labute approximate surface area is 379 Å². The summed E-state index contributed by atoms with van der Waals surface area (Å²) in [6.45, 7) is 4.97. The number of aromatic nitrogens is 1. The smallest absolute Gasteiger partial charge is 0.0588 e. The molecule has 2 nitrogen and oxygen atoms in total. The zero-order chi connectivity index (χ0) is 42.3. The van der Waals surface area contributed by atoms with Gasteiger partial charge in [0.2, 0.25) is 0 Å². The minimum absolute atomic E-state index is 0.287. The first-order chi connectivity index (χ1) is 31.4. The number of hydrogen-bond acceptors (Lipinski definition) is 1. The van der Waals surface area contributed by atoms with Crippen molar-refractivity contribution in [1.29, 1.82) is 0 Å². The van der Waals surface area contributed by atoms with E-state index in [1.807, 2.05) is 0 Å². The summed E-state index contributed by atoms with van der Waals surface area (Å²) >= 11 is 0. The Hall–Kier alpha value is -5.86. The third-order valence-corrected chi connectivity index (χ3v) is 18.0. The average molecular weight is 831 g/mol. The van der Waals surface area contributed by atoms with E-state index in [9.17, 15) is 0 Å². The molecule has 2 heteroatoms. The summed E-state index contributed by atoms with van der Waals surface area (Å²) < 4.78 is 2.54. The van der Waals surface area contributed by atoms with Gasteiger partial charge in [0.25, 0.3) is 0 Å². The lowest BCUT2D eigenvalue weighted by Crippen LogP contribution is -2.48. The van der Waals surface area contributed by atoms with Crippen LogP contribution in [0.2, 0.25) is 0 Å². The second kappa shape index (κ2) is 13.8. The maximum absolute atomic E-state index is 2.59. The highest BCUT2D eigenvalue weighted by Crippen LogP contribution is 2.62. The van der Waals surface area contributed by atoms with Crippen LogP contribution in [-0.2, 0) is 10.8 Å². The zero-order valence-corrected chi connectivity index (χ0v) is 37.4. The number of benzene rings is 7. The van der Waals surface area contributed by atoms with Crippen LogP contribution in [-0.4, -0.2) is 4.57 Å². The topological polar surface area (TPSA) is 8.17 Å². The first-order valence-corrected chi connectivity index (χ1v) is 24.8. The Kier molecular flexibility index (Phi) is 8.10. The van der Waals surface area contributed by atoms with E-state index in [4.69, 9.17) is 0 Å². The summed E-state index contributed by atoms with van der Waals surface area (Å²) in [7, 11) is 0. The number of anilines is 3. The fraction of sp³-hybridized carbons (Fsp3) is 0.323. The van der Waals surface area contributed by atoms with Gasteiger partial charge in [-0.15, -0.1) is 0 Å². The summed E-state index contributed by atoms with van der Waals surface area (Å²) in [5, 5.41) is 2.62. The number of hydrogen-bond donors (Lipinski definition) is 0. The van der Waals surface area contributed by atoms with Crippen LogP contribution in [0.1, 0.15) is 106 Å². The molecule has 0 saturated heterocycles. The lowest BCUT2D eigenvalue weighted by atomic mass is 9.48. The molecule has 6 fully saturated rings. The Bertz CT molecular complexity index is 3080. The third-order valence-electron chi connectivity index (χ3n) is 18.0. The highest BCUT2D eigenvalue weighted by molar-refractivity contribution is 6.14. The van der Waals surface area contributed by atoms with E-state index in [1.165, 1.54) is 142 Å². The molecular formula is C62H58N2. The Balaban J connectivity index is 0.966. The number of nitrogens with zero attached hydrogens (tertiary/aromatic N) is 2. The maximum Gasteiger partial charge on any atom is 0.0588 e. The first kappa shape index (κ1) is 37.5. The van der Waals surface area contributed by atoms with E-state index in [2.05, 4.69) is 181 Å². The van der Waals surface area contributed by atoms with Crippen LogP contribution < -0.4 is 4.90 Å². The lowest BCUT2D eigenvalue weighted by molar-refractivity contribution is -0.00518. The molecule has 7 aromatic carbocycles. The quantitative estimate of drug-likeness (QED) is 0.155. The van der Waals surface area contributed by atoms with Crippen molar-refractivity contribution in [2.75, 3.05) is 4.90 Å². The largest absolute Gasteiger partial charge is 0.310 e. The van der Waals surface area contributed by atoms with Crippen molar-refractivity contribution in [2.24, 2.45) is 29.6 Å². The predicted octanol–water partition coefficient (Wildman–Crippen LogP) is 16.6. The molecule has 316 valence electrons. The molecule has 1 heterocycles. The number of para-hydroxylation sites is 2. The Morgan fingerprint density at radius 2 is 1.19 bits per heavy atom. The summed E-state index contributed by atoms with van der Waals surface area (Å²) in [5.41, 5.74) is 18.8. The van der Waals surface area contributed by atoms with Crippen molar-refractivity contribution < 1.29 is 0 Å². The second-order valence-electron chi connectivity index (χ2n) is 21.9. The summed E-state index contributed by atoms with van der Waals surface area (Å²) in [6.07, 6.45) is 14.3. The van der Waals surface area contributed by atoms with Crippen LogP contribution >= 0.6 is 0 Å². The molecule has 7 aliphatic rings. The van der Waals surface area contributed by atoms with Gasteiger partial charge in [0, 0.05) is 38.9 Å². The Morgan fingerprint density at radius 3 is 1.86 bits per heavy atom. The fourth-order valence-electron chi connectivity index (χ4n) is 15.7. The van der Waals surface area contributed by atoms with Gasteiger partial charge >= 0.3 is 0 Å². The average Bonchev–Trinajstić information content (AvgIpc) is 4.10. The van der Waals surface area contributed by atoms with E-state index >= 15 is 0 Å². The monoisotopic (exact) mass is 830 g/mol. The second-order valence-corrected chi connectivity index (χ2v) is 21.9. The molecule has 15 rings (SSSR count). The minimum Gasteiger partial charge on any atom is -0.310 e. The van der Waals surface area contributed by atoms with Crippen LogP contribution in [0.4, 0.5) is 17.1 Å². The van der Waals surface area contributed by atoms with Crippen LogP contribution in [0, 0.1) is 29.6 Å². The molecule has 0 N–H and O–H groups in total. The molecule has 1 aromatic heterocycles. The number of rotatable bonds is 7. The van der Waals surface area contributed by atoms with Gasteiger partial charge in [0.15, 0.2) is 0 Å². The highest BCUT2D eigenvalue weighted by atomic mass is 15.1. The molecule has 6 bridgehead atoms. The first-order valence-electron chi connectivity index (χ1n) is 24.8. The van der Waals surface area contributed by atoms with Gasteiger partial charge in [-0.2, -0.15) is 0 Å². The molecule has 64 heavy (non-hydrogen) atoms. The van der Waals surface area contributed by atoms with Gasteiger partial charge in [-0.1, -0.05) is 123 Å². The van der Waals surface area contributed by atoms with Gasteiger partial charge in [-0.25, -0.2) is 0 Å².